The summed E-state index contributed by atoms with van der Waals surface area (Å²) in [6, 6.07) is 13.4. The summed E-state index contributed by atoms with van der Waals surface area (Å²) in [5.41, 5.74) is 0.910. The summed E-state index contributed by atoms with van der Waals surface area (Å²) in [5.74, 6) is 0. The molecule has 0 aliphatic carbocycles. The highest BCUT2D eigenvalue weighted by molar-refractivity contribution is 7.90. The van der Waals surface area contributed by atoms with Gasteiger partial charge in [0, 0.05) is 24.6 Å². The number of aromatic nitrogens is 2. The summed E-state index contributed by atoms with van der Waals surface area (Å²) in [6.45, 7) is 0. The second kappa shape index (κ2) is 6.73. The topological polar surface area (TPSA) is 64.0 Å². The minimum absolute atomic E-state index is 0.0781. The van der Waals surface area contributed by atoms with Gasteiger partial charge in [0.15, 0.2) is 15.5 Å². The maximum absolute atomic E-state index is 13.2. The van der Waals surface area contributed by atoms with E-state index in [1.807, 2.05) is 0 Å². The molecule has 9 heteroatoms. The van der Waals surface area contributed by atoms with Crippen molar-refractivity contribution < 1.29 is 21.6 Å². The van der Waals surface area contributed by atoms with E-state index in [0.717, 1.165) is 22.7 Å². The van der Waals surface area contributed by atoms with Gasteiger partial charge >= 0.3 is 6.18 Å². The summed E-state index contributed by atoms with van der Waals surface area (Å²) in [4.78, 5) is 0.0781. The van der Waals surface area contributed by atoms with Crippen molar-refractivity contribution in [3.05, 3.63) is 60.3 Å². The molecule has 3 rings (SSSR count). The van der Waals surface area contributed by atoms with Crippen molar-refractivity contribution >= 4 is 15.5 Å². The van der Waals surface area contributed by atoms with E-state index >= 15 is 0 Å². The zero-order chi connectivity index (χ0) is 19.8. The summed E-state index contributed by atoms with van der Waals surface area (Å²) in [7, 11) is -1.67. The van der Waals surface area contributed by atoms with Gasteiger partial charge in [-0.15, -0.1) is 0 Å². The molecule has 0 spiro atoms. The molecule has 1 N–H and O–H groups in total. The first-order valence-electron chi connectivity index (χ1n) is 7.85. The fourth-order valence-corrected chi connectivity index (χ4v) is 3.19. The van der Waals surface area contributed by atoms with E-state index in [1.165, 1.54) is 24.3 Å². The molecule has 27 heavy (non-hydrogen) atoms. The number of halogens is 3. The first-order valence-corrected chi connectivity index (χ1v) is 9.74. The Kier molecular flexibility index (Phi) is 4.73. The van der Waals surface area contributed by atoms with Gasteiger partial charge in [0.25, 0.3) is 0 Å². The summed E-state index contributed by atoms with van der Waals surface area (Å²) in [6.07, 6.45) is -3.54. The van der Waals surface area contributed by atoms with Crippen LogP contribution in [0.5, 0.6) is 0 Å². The maximum atomic E-state index is 13.2. The number of alkyl halides is 3. The SMILES string of the molecule is CNc1ccc(-c2cc(C(F)(F)F)nn2-c2ccc(S(C)(=O)=O)cc2)cc1. The van der Waals surface area contributed by atoms with Crippen LogP contribution < -0.4 is 5.32 Å². The van der Waals surface area contributed by atoms with Gasteiger partial charge in [-0.2, -0.15) is 18.3 Å². The predicted octanol–water partition coefficient (Wildman–Crippen LogP) is 4.00. The van der Waals surface area contributed by atoms with Crippen LogP contribution >= 0.6 is 0 Å². The van der Waals surface area contributed by atoms with Crippen LogP contribution in [0.1, 0.15) is 5.69 Å². The van der Waals surface area contributed by atoms with Gasteiger partial charge in [-0.05, 0) is 42.5 Å². The number of hydrogen-bond acceptors (Lipinski definition) is 4. The molecule has 2 aromatic carbocycles. The minimum Gasteiger partial charge on any atom is -0.388 e. The molecular formula is C18H16F3N3O2S. The van der Waals surface area contributed by atoms with Crippen molar-refractivity contribution in [1.29, 1.82) is 0 Å². The van der Waals surface area contributed by atoms with Crippen LogP contribution in [-0.4, -0.2) is 31.5 Å². The minimum atomic E-state index is -4.60. The van der Waals surface area contributed by atoms with E-state index in [0.29, 0.717) is 11.3 Å². The van der Waals surface area contributed by atoms with E-state index in [9.17, 15) is 21.6 Å². The fourth-order valence-electron chi connectivity index (χ4n) is 2.56. The lowest BCUT2D eigenvalue weighted by Gasteiger charge is -2.09. The third-order valence-corrected chi connectivity index (χ3v) is 5.11. The van der Waals surface area contributed by atoms with Crippen molar-refractivity contribution in [1.82, 2.24) is 9.78 Å². The Balaban J connectivity index is 2.14. The molecule has 0 aliphatic rings. The van der Waals surface area contributed by atoms with Crippen LogP contribution in [0, 0.1) is 0 Å². The van der Waals surface area contributed by atoms with Gasteiger partial charge in [0.2, 0.25) is 0 Å². The molecule has 0 fully saturated rings. The van der Waals surface area contributed by atoms with Gasteiger partial charge < -0.3 is 5.32 Å². The summed E-state index contributed by atoms with van der Waals surface area (Å²) < 4.78 is 63.9. The lowest BCUT2D eigenvalue weighted by Crippen LogP contribution is -2.07. The highest BCUT2D eigenvalue weighted by atomic mass is 32.2. The van der Waals surface area contributed by atoms with E-state index in [2.05, 4.69) is 10.4 Å². The Morgan fingerprint density at radius 3 is 2.07 bits per heavy atom. The normalized spacial score (nSPS) is 12.2. The van der Waals surface area contributed by atoms with Crippen LogP contribution in [0.15, 0.2) is 59.5 Å². The highest BCUT2D eigenvalue weighted by Gasteiger charge is 2.35. The van der Waals surface area contributed by atoms with E-state index in [4.69, 9.17) is 0 Å². The van der Waals surface area contributed by atoms with Crippen LogP contribution in [0.4, 0.5) is 18.9 Å². The molecular weight excluding hydrogens is 379 g/mol. The quantitative estimate of drug-likeness (QED) is 0.725. The zero-order valence-electron chi connectivity index (χ0n) is 14.4. The molecule has 142 valence electrons. The van der Waals surface area contributed by atoms with Crippen molar-refractivity contribution in [2.75, 3.05) is 18.6 Å². The Hall–Kier alpha value is -2.81. The number of benzene rings is 2. The first-order chi connectivity index (χ1) is 12.6. The highest BCUT2D eigenvalue weighted by Crippen LogP contribution is 2.33. The van der Waals surface area contributed by atoms with E-state index in [1.54, 1.807) is 31.3 Å². The second-order valence-corrected chi connectivity index (χ2v) is 7.93. The molecule has 1 heterocycles. The Morgan fingerprint density at radius 1 is 1.00 bits per heavy atom. The van der Waals surface area contributed by atoms with Crippen molar-refractivity contribution in [2.45, 2.75) is 11.1 Å². The standard InChI is InChI=1S/C18H16F3N3O2S/c1-22-13-5-3-12(4-6-13)16-11-17(18(19,20)21)23-24(16)14-7-9-15(10-8-14)27(2,25)26/h3-11,22H,1-2H3. The number of sulfone groups is 1. The molecule has 0 aliphatic heterocycles. The number of nitrogens with zero attached hydrogens (tertiary/aromatic N) is 2. The average Bonchev–Trinajstić information content (AvgIpc) is 3.07. The molecule has 0 unspecified atom stereocenters. The average molecular weight is 395 g/mol. The monoisotopic (exact) mass is 395 g/mol. The van der Waals surface area contributed by atoms with Crippen LogP contribution in [0.2, 0.25) is 0 Å². The third kappa shape index (κ3) is 3.97. The van der Waals surface area contributed by atoms with Crippen molar-refractivity contribution in [2.24, 2.45) is 0 Å². The molecule has 0 bridgehead atoms. The van der Waals surface area contributed by atoms with Gasteiger partial charge in [-0.3, -0.25) is 0 Å². The lowest BCUT2D eigenvalue weighted by atomic mass is 10.1. The van der Waals surface area contributed by atoms with Crippen LogP contribution in [-0.2, 0) is 16.0 Å². The van der Waals surface area contributed by atoms with E-state index < -0.39 is 21.7 Å². The number of nitrogens with one attached hydrogen (secondary N) is 1. The Morgan fingerprint density at radius 2 is 1.59 bits per heavy atom. The molecule has 1 aromatic heterocycles. The molecule has 0 saturated heterocycles. The van der Waals surface area contributed by atoms with Crippen LogP contribution in [0.25, 0.3) is 16.9 Å². The number of anilines is 1. The van der Waals surface area contributed by atoms with E-state index in [-0.39, 0.29) is 10.6 Å². The third-order valence-electron chi connectivity index (χ3n) is 3.98. The summed E-state index contributed by atoms with van der Waals surface area (Å²) >= 11 is 0. The van der Waals surface area contributed by atoms with Gasteiger partial charge in [0.05, 0.1) is 16.3 Å². The fraction of sp³-hybridized carbons (Fsp3) is 0.167. The maximum Gasteiger partial charge on any atom is 0.435 e. The number of rotatable bonds is 4. The molecule has 3 aromatic rings. The first kappa shape index (κ1) is 19.0. The largest absolute Gasteiger partial charge is 0.435 e. The van der Waals surface area contributed by atoms with Crippen LogP contribution in [0.3, 0.4) is 0 Å². The molecule has 5 nitrogen and oxygen atoms in total. The van der Waals surface area contributed by atoms with Crippen molar-refractivity contribution in [3.8, 4) is 16.9 Å². The van der Waals surface area contributed by atoms with Gasteiger partial charge in [-0.25, -0.2) is 13.1 Å². The molecule has 0 saturated carbocycles. The molecule has 0 atom stereocenters. The van der Waals surface area contributed by atoms with Gasteiger partial charge in [0.1, 0.15) is 0 Å². The zero-order valence-corrected chi connectivity index (χ0v) is 15.3. The Labute approximate surface area is 154 Å². The summed E-state index contributed by atoms with van der Waals surface area (Å²) in [5, 5.41) is 6.63. The lowest BCUT2D eigenvalue weighted by molar-refractivity contribution is -0.141. The smallest absolute Gasteiger partial charge is 0.388 e. The molecule has 0 radical (unpaired) electrons. The molecule has 0 amide bonds. The van der Waals surface area contributed by atoms with Gasteiger partial charge in [-0.1, -0.05) is 12.1 Å². The van der Waals surface area contributed by atoms with Crippen molar-refractivity contribution in [3.63, 3.8) is 0 Å². The predicted molar refractivity (Wildman–Crippen MR) is 96.7 cm³/mol. The number of hydrogen-bond donors (Lipinski definition) is 1. The second-order valence-electron chi connectivity index (χ2n) is 5.92. The Bertz CT molecular complexity index is 1050.